The summed E-state index contributed by atoms with van der Waals surface area (Å²) in [4.78, 5) is 37.8. The summed E-state index contributed by atoms with van der Waals surface area (Å²) in [5.41, 5.74) is -0.455. The van der Waals surface area contributed by atoms with Crippen molar-refractivity contribution in [3.8, 4) is 0 Å². The number of ether oxygens (including phenoxy) is 2. The lowest BCUT2D eigenvalue weighted by molar-refractivity contribution is -0.152. The van der Waals surface area contributed by atoms with Crippen molar-refractivity contribution in [2.24, 2.45) is 5.92 Å². The minimum Gasteiger partial charge on any atom is -0.465 e. The van der Waals surface area contributed by atoms with Crippen molar-refractivity contribution in [3.05, 3.63) is 35.1 Å². The van der Waals surface area contributed by atoms with Crippen LogP contribution in [0.1, 0.15) is 35.7 Å². The Kier molecular flexibility index (Phi) is 4.02. The van der Waals surface area contributed by atoms with Crippen LogP contribution in [0.5, 0.6) is 0 Å². The summed E-state index contributed by atoms with van der Waals surface area (Å²) < 4.78 is 23.9. The molecule has 1 unspecified atom stereocenters. The lowest BCUT2D eigenvalue weighted by Crippen LogP contribution is -2.53. The molecule has 1 aromatic rings. The van der Waals surface area contributed by atoms with E-state index in [9.17, 15) is 18.8 Å². The molecule has 0 saturated carbocycles. The quantitative estimate of drug-likeness (QED) is 0.614. The predicted octanol–water partition coefficient (Wildman–Crippen LogP) is 1.82. The van der Waals surface area contributed by atoms with Gasteiger partial charge in [0.1, 0.15) is 5.82 Å². The standard InChI is InChI=1S/C17H17FO5/c1-2-23-16(21)13-14(19)11-4-3-10(18)9-12(11)17(15(13)20)5-7-22-8-6-17/h3-4,9,13H,2,5-8H2,1H3. The first-order valence-electron chi connectivity index (χ1n) is 7.64. The molecule has 0 bridgehead atoms. The second-order valence-electron chi connectivity index (χ2n) is 5.80. The van der Waals surface area contributed by atoms with E-state index in [1.807, 2.05) is 0 Å². The molecule has 1 aliphatic carbocycles. The smallest absolute Gasteiger partial charge is 0.324 e. The molecule has 1 aromatic carbocycles. The van der Waals surface area contributed by atoms with E-state index >= 15 is 0 Å². The van der Waals surface area contributed by atoms with E-state index in [-0.39, 0.29) is 12.2 Å². The molecule has 0 radical (unpaired) electrons. The zero-order valence-corrected chi connectivity index (χ0v) is 12.8. The van der Waals surface area contributed by atoms with Crippen LogP contribution in [0.15, 0.2) is 18.2 Å². The van der Waals surface area contributed by atoms with Crippen molar-refractivity contribution in [2.45, 2.75) is 25.2 Å². The van der Waals surface area contributed by atoms with Gasteiger partial charge in [-0.3, -0.25) is 14.4 Å². The maximum atomic E-state index is 13.7. The average molecular weight is 320 g/mol. The van der Waals surface area contributed by atoms with Crippen molar-refractivity contribution < 1.29 is 28.2 Å². The summed E-state index contributed by atoms with van der Waals surface area (Å²) in [7, 11) is 0. The van der Waals surface area contributed by atoms with Crippen LogP contribution >= 0.6 is 0 Å². The summed E-state index contributed by atoms with van der Waals surface area (Å²) in [5, 5.41) is 0. The molecule has 1 saturated heterocycles. The Morgan fingerprint density at radius 2 is 2.04 bits per heavy atom. The van der Waals surface area contributed by atoms with Gasteiger partial charge in [0.15, 0.2) is 17.5 Å². The minimum absolute atomic E-state index is 0.0856. The van der Waals surface area contributed by atoms with Crippen LogP contribution in [-0.4, -0.2) is 37.4 Å². The molecule has 1 atom stereocenters. The van der Waals surface area contributed by atoms with Gasteiger partial charge in [-0.1, -0.05) is 0 Å². The number of esters is 1. The normalized spacial score (nSPS) is 22.8. The molecular weight excluding hydrogens is 303 g/mol. The number of benzene rings is 1. The van der Waals surface area contributed by atoms with Crippen molar-refractivity contribution in [1.29, 1.82) is 0 Å². The number of hydrogen-bond acceptors (Lipinski definition) is 5. The summed E-state index contributed by atoms with van der Waals surface area (Å²) >= 11 is 0. The first-order valence-corrected chi connectivity index (χ1v) is 7.64. The van der Waals surface area contributed by atoms with Gasteiger partial charge in [0.05, 0.1) is 12.0 Å². The van der Waals surface area contributed by atoms with E-state index in [1.165, 1.54) is 18.2 Å². The Morgan fingerprint density at radius 3 is 2.70 bits per heavy atom. The number of halogens is 1. The highest BCUT2D eigenvalue weighted by molar-refractivity contribution is 6.28. The molecule has 0 N–H and O–H groups in total. The summed E-state index contributed by atoms with van der Waals surface area (Å²) in [5.74, 6) is -3.91. The fraction of sp³-hybridized carbons (Fsp3) is 0.471. The number of hydrogen-bond donors (Lipinski definition) is 0. The third kappa shape index (κ3) is 2.37. The third-order valence-corrected chi connectivity index (χ3v) is 4.63. The fourth-order valence-electron chi connectivity index (χ4n) is 3.49. The lowest BCUT2D eigenvalue weighted by atomic mass is 9.61. The van der Waals surface area contributed by atoms with E-state index < -0.39 is 34.7 Å². The number of ketones is 2. The van der Waals surface area contributed by atoms with E-state index in [4.69, 9.17) is 9.47 Å². The van der Waals surface area contributed by atoms with Gasteiger partial charge in [-0.15, -0.1) is 0 Å². The van der Waals surface area contributed by atoms with Gasteiger partial charge in [0.2, 0.25) is 0 Å². The van der Waals surface area contributed by atoms with Gasteiger partial charge in [-0.2, -0.15) is 0 Å². The van der Waals surface area contributed by atoms with Crippen LogP contribution in [0.4, 0.5) is 4.39 Å². The van der Waals surface area contributed by atoms with Crippen LogP contribution in [0.25, 0.3) is 0 Å². The third-order valence-electron chi connectivity index (χ3n) is 4.63. The van der Waals surface area contributed by atoms with Gasteiger partial charge < -0.3 is 9.47 Å². The fourth-order valence-corrected chi connectivity index (χ4v) is 3.49. The molecule has 1 aliphatic heterocycles. The van der Waals surface area contributed by atoms with Crippen LogP contribution in [-0.2, 0) is 24.5 Å². The van der Waals surface area contributed by atoms with Crippen molar-refractivity contribution in [3.63, 3.8) is 0 Å². The molecule has 1 spiro atoms. The number of fused-ring (bicyclic) bond motifs is 2. The first-order chi connectivity index (χ1) is 11.0. The van der Waals surface area contributed by atoms with Gasteiger partial charge >= 0.3 is 5.97 Å². The Labute approximate surface area is 132 Å². The average Bonchev–Trinajstić information content (AvgIpc) is 2.54. The highest BCUT2D eigenvalue weighted by Gasteiger charge is 2.55. The zero-order valence-electron chi connectivity index (χ0n) is 12.8. The topological polar surface area (TPSA) is 69.7 Å². The van der Waals surface area contributed by atoms with Crippen molar-refractivity contribution >= 4 is 17.5 Å². The Bertz CT molecular complexity index is 676. The SMILES string of the molecule is CCOC(=O)C1C(=O)c2ccc(F)cc2C2(CCOCC2)C1=O. The lowest BCUT2D eigenvalue weighted by Gasteiger charge is -2.41. The van der Waals surface area contributed by atoms with Crippen LogP contribution in [0, 0.1) is 11.7 Å². The van der Waals surface area contributed by atoms with Gasteiger partial charge in [-0.25, -0.2) is 4.39 Å². The minimum atomic E-state index is -1.47. The second-order valence-corrected chi connectivity index (χ2v) is 5.80. The van der Waals surface area contributed by atoms with Gasteiger partial charge in [0.25, 0.3) is 0 Å². The Hall–Kier alpha value is -2.08. The number of Topliss-reactive ketones (excluding diaryl/α,β-unsaturated/α-hetero) is 2. The van der Waals surface area contributed by atoms with Gasteiger partial charge in [-0.05, 0) is 43.5 Å². The van der Waals surface area contributed by atoms with Crippen LogP contribution in [0.3, 0.4) is 0 Å². The summed E-state index contributed by atoms with van der Waals surface area (Å²) in [6, 6.07) is 3.75. The summed E-state index contributed by atoms with van der Waals surface area (Å²) in [6.07, 6.45) is 0.650. The molecule has 122 valence electrons. The maximum absolute atomic E-state index is 13.7. The summed E-state index contributed by atoms with van der Waals surface area (Å²) in [6.45, 7) is 2.35. The monoisotopic (exact) mass is 320 g/mol. The second kappa shape index (κ2) is 5.85. The number of carbonyl (C=O) groups excluding carboxylic acids is 3. The molecule has 1 heterocycles. The van der Waals surface area contributed by atoms with E-state index in [0.717, 1.165) is 0 Å². The maximum Gasteiger partial charge on any atom is 0.324 e. The van der Waals surface area contributed by atoms with Crippen molar-refractivity contribution in [2.75, 3.05) is 19.8 Å². The Balaban J connectivity index is 2.17. The molecule has 0 aromatic heterocycles. The molecule has 1 fully saturated rings. The van der Waals surface area contributed by atoms with E-state index in [2.05, 4.69) is 0 Å². The molecular formula is C17H17FO5. The Morgan fingerprint density at radius 1 is 1.35 bits per heavy atom. The van der Waals surface area contributed by atoms with Crippen LogP contribution in [0.2, 0.25) is 0 Å². The highest BCUT2D eigenvalue weighted by Crippen LogP contribution is 2.44. The number of rotatable bonds is 2. The van der Waals surface area contributed by atoms with E-state index in [1.54, 1.807) is 6.92 Å². The molecule has 2 aliphatic rings. The molecule has 3 rings (SSSR count). The first kappa shape index (κ1) is 15.8. The molecule has 23 heavy (non-hydrogen) atoms. The highest BCUT2D eigenvalue weighted by atomic mass is 19.1. The van der Waals surface area contributed by atoms with Crippen molar-refractivity contribution in [1.82, 2.24) is 0 Å². The molecule has 6 heteroatoms. The predicted molar refractivity (Wildman–Crippen MR) is 77.6 cm³/mol. The van der Waals surface area contributed by atoms with E-state index in [0.29, 0.717) is 31.6 Å². The van der Waals surface area contributed by atoms with Gasteiger partial charge in [0, 0.05) is 18.8 Å². The zero-order chi connectivity index (χ0) is 16.6. The molecule has 0 amide bonds. The number of carbonyl (C=O) groups is 3. The molecule has 5 nitrogen and oxygen atoms in total. The largest absolute Gasteiger partial charge is 0.465 e. The van der Waals surface area contributed by atoms with Crippen LogP contribution < -0.4 is 0 Å².